The minimum Gasteiger partial charge on any atom is -0.300 e. The highest BCUT2D eigenvalue weighted by molar-refractivity contribution is 6.35. The number of halogens is 2. The van der Waals surface area contributed by atoms with Crippen molar-refractivity contribution in [2.75, 3.05) is 6.54 Å². The van der Waals surface area contributed by atoms with Gasteiger partial charge in [0.05, 0.1) is 6.54 Å². The smallest absolute Gasteiger partial charge is 0.0584 e. The highest BCUT2D eigenvalue weighted by Gasteiger charge is 2.08. The number of hydrogen-bond acceptors (Lipinski definition) is 1. The quantitative estimate of drug-likeness (QED) is 0.811. The molecule has 20 heavy (non-hydrogen) atoms. The zero-order valence-corrected chi connectivity index (χ0v) is 12.7. The first-order valence-corrected chi connectivity index (χ1v) is 7.14. The maximum absolute atomic E-state index is 6.17. The molecule has 0 saturated carbocycles. The van der Waals surface area contributed by atoms with Gasteiger partial charge in [-0.05, 0) is 36.8 Å². The molecule has 3 heteroatoms. The van der Waals surface area contributed by atoms with Crippen molar-refractivity contribution < 1.29 is 0 Å². The Bertz CT molecular complexity index is 626. The molecule has 1 nitrogen and oxygen atoms in total. The van der Waals surface area contributed by atoms with Crippen LogP contribution >= 0.6 is 23.2 Å². The molecule has 0 heterocycles. The van der Waals surface area contributed by atoms with Crippen LogP contribution in [0, 0.1) is 11.8 Å². The SMILES string of the molecule is CC(NCC#Cc1ccccc1)c1ccc(Cl)cc1Cl. The van der Waals surface area contributed by atoms with E-state index in [1.165, 1.54) is 0 Å². The fourth-order valence-corrected chi connectivity index (χ4v) is 2.41. The summed E-state index contributed by atoms with van der Waals surface area (Å²) in [5.74, 6) is 6.21. The van der Waals surface area contributed by atoms with Crippen molar-refractivity contribution in [3.05, 3.63) is 69.7 Å². The van der Waals surface area contributed by atoms with Crippen LogP contribution in [0.25, 0.3) is 0 Å². The minimum absolute atomic E-state index is 0.129. The van der Waals surface area contributed by atoms with Gasteiger partial charge in [0, 0.05) is 21.7 Å². The predicted octanol–water partition coefficient (Wildman–Crippen LogP) is 4.70. The second kappa shape index (κ2) is 7.36. The van der Waals surface area contributed by atoms with Gasteiger partial charge in [-0.3, -0.25) is 5.32 Å². The fraction of sp³-hybridized carbons (Fsp3) is 0.176. The van der Waals surface area contributed by atoms with Crippen LogP contribution in [0.15, 0.2) is 48.5 Å². The highest BCUT2D eigenvalue weighted by Crippen LogP contribution is 2.25. The minimum atomic E-state index is 0.129. The molecule has 0 bridgehead atoms. The maximum Gasteiger partial charge on any atom is 0.0584 e. The Labute approximate surface area is 129 Å². The molecule has 0 fully saturated rings. The van der Waals surface area contributed by atoms with Gasteiger partial charge in [-0.1, -0.05) is 59.3 Å². The molecule has 2 aromatic rings. The van der Waals surface area contributed by atoms with Crippen molar-refractivity contribution in [2.24, 2.45) is 0 Å². The molecule has 0 aliphatic rings. The van der Waals surface area contributed by atoms with E-state index in [1.54, 1.807) is 6.07 Å². The van der Waals surface area contributed by atoms with Crippen molar-refractivity contribution in [3.63, 3.8) is 0 Å². The van der Waals surface area contributed by atoms with E-state index in [-0.39, 0.29) is 6.04 Å². The van der Waals surface area contributed by atoms with E-state index in [2.05, 4.69) is 24.1 Å². The molecule has 0 radical (unpaired) electrons. The van der Waals surface area contributed by atoms with Gasteiger partial charge in [0.1, 0.15) is 0 Å². The second-order valence-electron chi connectivity index (χ2n) is 4.44. The van der Waals surface area contributed by atoms with Crippen LogP contribution in [-0.4, -0.2) is 6.54 Å². The van der Waals surface area contributed by atoms with E-state index in [4.69, 9.17) is 23.2 Å². The number of nitrogens with one attached hydrogen (secondary N) is 1. The standard InChI is InChI=1S/C17H15Cl2N/c1-13(16-10-9-15(18)12-17(16)19)20-11-5-8-14-6-3-2-4-7-14/h2-4,6-7,9-10,12-13,20H,11H2,1H3. The summed E-state index contributed by atoms with van der Waals surface area (Å²) in [4.78, 5) is 0. The molecule has 0 saturated heterocycles. The Hall–Kier alpha value is -1.46. The van der Waals surface area contributed by atoms with Crippen LogP contribution in [0.1, 0.15) is 24.1 Å². The van der Waals surface area contributed by atoms with Crippen LogP contribution in [0.3, 0.4) is 0 Å². The van der Waals surface area contributed by atoms with Gasteiger partial charge in [-0.25, -0.2) is 0 Å². The first-order chi connectivity index (χ1) is 9.66. The van der Waals surface area contributed by atoms with Crippen LogP contribution in [0.5, 0.6) is 0 Å². The molecule has 0 aliphatic carbocycles. The molecular formula is C17H15Cl2N. The molecule has 1 unspecified atom stereocenters. The summed E-state index contributed by atoms with van der Waals surface area (Å²) in [6, 6.07) is 15.6. The fourth-order valence-electron chi connectivity index (χ4n) is 1.83. The van der Waals surface area contributed by atoms with E-state index in [0.717, 1.165) is 11.1 Å². The maximum atomic E-state index is 6.17. The molecular weight excluding hydrogens is 289 g/mol. The Kier molecular flexibility index (Phi) is 5.49. The van der Waals surface area contributed by atoms with E-state index >= 15 is 0 Å². The average Bonchev–Trinajstić information content (AvgIpc) is 2.44. The molecule has 1 atom stereocenters. The Morgan fingerprint density at radius 3 is 2.55 bits per heavy atom. The van der Waals surface area contributed by atoms with Gasteiger partial charge in [-0.15, -0.1) is 0 Å². The molecule has 0 aromatic heterocycles. The molecule has 2 aromatic carbocycles. The third-order valence-electron chi connectivity index (χ3n) is 2.93. The second-order valence-corrected chi connectivity index (χ2v) is 5.28. The molecule has 0 spiro atoms. The van der Waals surface area contributed by atoms with Crippen LogP contribution in [0.2, 0.25) is 10.0 Å². The summed E-state index contributed by atoms with van der Waals surface area (Å²) >= 11 is 12.1. The predicted molar refractivity (Wildman–Crippen MR) is 86.2 cm³/mol. The summed E-state index contributed by atoms with van der Waals surface area (Å²) in [7, 11) is 0. The van der Waals surface area contributed by atoms with Gasteiger partial charge >= 0.3 is 0 Å². The van der Waals surface area contributed by atoms with Gasteiger partial charge in [-0.2, -0.15) is 0 Å². The molecule has 2 rings (SSSR count). The largest absolute Gasteiger partial charge is 0.300 e. The van der Waals surface area contributed by atoms with E-state index < -0.39 is 0 Å². The number of benzene rings is 2. The Morgan fingerprint density at radius 1 is 1.10 bits per heavy atom. The van der Waals surface area contributed by atoms with Gasteiger partial charge in [0.15, 0.2) is 0 Å². The lowest BCUT2D eigenvalue weighted by Gasteiger charge is -2.14. The van der Waals surface area contributed by atoms with Crippen molar-refractivity contribution in [1.29, 1.82) is 0 Å². The zero-order chi connectivity index (χ0) is 14.4. The Balaban J connectivity index is 1.93. The van der Waals surface area contributed by atoms with E-state index in [9.17, 15) is 0 Å². The van der Waals surface area contributed by atoms with E-state index in [1.807, 2.05) is 42.5 Å². The summed E-state index contributed by atoms with van der Waals surface area (Å²) < 4.78 is 0. The van der Waals surface area contributed by atoms with E-state index in [0.29, 0.717) is 16.6 Å². The van der Waals surface area contributed by atoms with Crippen LogP contribution in [0.4, 0.5) is 0 Å². The lowest BCUT2D eigenvalue weighted by molar-refractivity contribution is 0.623. The lowest BCUT2D eigenvalue weighted by atomic mass is 10.1. The van der Waals surface area contributed by atoms with Crippen molar-refractivity contribution in [2.45, 2.75) is 13.0 Å². The molecule has 0 amide bonds. The summed E-state index contributed by atoms with van der Waals surface area (Å²) in [5, 5.41) is 4.65. The Morgan fingerprint density at radius 2 is 1.85 bits per heavy atom. The van der Waals surface area contributed by atoms with Crippen molar-refractivity contribution >= 4 is 23.2 Å². The molecule has 1 N–H and O–H groups in total. The summed E-state index contributed by atoms with van der Waals surface area (Å²) in [6.07, 6.45) is 0. The van der Waals surface area contributed by atoms with Crippen molar-refractivity contribution in [1.82, 2.24) is 5.32 Å². The number of hydrogen-bond donors (Lipinski definition) is 1. The lowest BCUT2D eigenvalue weighted by Crippen LogP contribution is -2.19. The normalized spacial score (nSPS) is 11.6. The topological polar surface area (TPSA) is 12.0 Å². The van der Waals surface area contributed by atoms with Gasteiger partial charge in [0.2, 0.25) is 0 Å². The van der Waals surface area contributed by atoms with Crippen LogP contribution < -0.4 is 5.32 Å². The first-order valence-electron chi connectivity index (χ1n) is 6.39. The molecule has 102 valence electrons. The zero-order valence-electron chi connectivity index (χ0n) is 11.2. The third-order valence-corrected chi connectivity index (χ3v) is 3.49. The first kappa shape index (κ1) is 14.9. The van der Waals surface area contributed by atoms with Crippen LogP contribution in [-0.2, 0) is 0 Å². The highest BCUT2D eigenvalue weighted by atomic mass is 35.5. The van der Waals surface area contributed by atoms with Crippen molar-refractivity contribution in [3.8, 4) is 11.8 Å². The monoisotopic (exact) mass is 303 g/mol. The average molecular weight is 304 g/mol. The van der Waals surface area contributed by atoms with Gasteiger partial charge in [0.25, 0.3) is 0 Å². The third kappa shape index (κ3) is 4.28. The summed E-state index contributed by atoms with van der Waals surface area (Å²) in [5.41, 5.74) is 2.05. The van der Waals surface area contributed by atoms with Gasteiger partial charge < -0.3 is 0 Å². The summed E-state index contributed by atoms with van der Waals surface area (Å²) in [6.45, 7) is 2.66. The number of rotatable bonds is 3. The molecule has 0 aliphatic heterocycles.